The van der Waals surface area contributed by atoms with Crippen molar-refractivity contribution in [2.75, 3.05) is 25.7 Å². The van der Waals surface area contributed by atoms with Crippen molar-refractivity contribution in [3.05, 3.63) is 59.8 Å². The van der Waals surface area contributed by atoms with Crippen molar-refractivity contribution < 1.29 is 19.4 Å². The summed E-state index contributed by atoms with van der Waals surface area (Å²) in [6, 6.07) is 16.4. The number of hydrogen-bond acceptors (Lipinski definition) is 7. The fourth-order valence-electron chi connectivity index (χ4n) is 6.18. The van der Waals surface area contributed by atoms with Crippen LogP contribution in [0.4, 0.5) is 5.69 Å². The zero-order valence-electron chi connectivity index (χ0n) is 23.2. The van der Waals surface area contributed by atoms with Gasteiger partial charge in [-0.1, -0.05) is 29.5 Å². The molecule has 3 aromatic rings. The van der Waals surface area contributed by atoms with E-state index in [1.807, 2.05) is 41.4 Å². The van der Waals surface area contributed by atoms with Gasteiger partial charge < -0.3 is 19.5 Å². The minimum atomic E-state index is -0.295. The summed E-state index contributed by atoms with van der Waals surface area (Å²) in [6.45, 7) is 0.687. The lowest BCUT2D eigenvalue weighted by Crippen LogP contribution is -2.41. The molecule has 2 aromatic carbocycles. The smallest absolute Gasteiger partial charge is 0.273 e. The van der Waals surface area contributed by atoms with Crippen LogP contribution in [0.25, 0.3) is 10.4 Å². The number of aromatic nitrogens is 1. The molecule has 2 aliphatic carbocycles. The summed E-state index contributed by atoms with van der Waals surface area (Å²) in [5.41, 5.74) is 3.70. The van der Waals surface area contributed by atoms with Crippen molar-refractivity contribution >= 4 is 22.9 Å². The number of methoxy groups -OCH3 is 2. The SMILES string of the molecule is COc1ncc(-c2cccc(N(CC3CCC(c4ccc(OC)c(C#N)c4)CC3)C(=O)C3CCC(O)CC3)c2)s1. The summed E-state index contributed by atoms with van der Waals surface area (Å²) in [7, 11) is 3.21. The van der Waals surface area contributed by atoms with Gasteiger partial charge in [0.15, 0.2) is 0 Å². The Bertz CT molecular complexity index is 1350. The Labute approximate surface area is 240 Å². The minimum Gasteiger partial charge on any atom is -0.495 e. The monoisotopic (exact) mass is 559 g/mol. The van der Waals surface area contributed by atoms with E-state index in [1.165, 1.54) is 16.9 Å². The van der Waals surface area contributed by atoms with Gasteiger partial charge in [-0.05, 0) is 98.6 Å². The molecule has 210 valence electrons. The lowest BCUT2D eigenvalue weighted by molar-refractivity contribution is -0.124. The van der Waals surface area contributed by atoms with Crippen LogP contribution in [0.15, 0.2) is 48.7 Å². The normalized spacial score (nSPS) is 22.8. The molecular weight excluding hydrogens is 522 g/mol. The fraction of sp³-hybridized carbons (Fsp3) is 0.469. The number of rotatable bonds is 8. The van der Waals surface area contributed by atoms with Gasteiger partial charge in [0.2, 0.25) is 5.91 Å². The molecule has 0 bridgehead atoms. The van der Waals surface area contributed by atoms with Crippen LogP contribution in [-0.4, -0.2) is 42.9 Å². The molecule has 0 spiro atoms. The highest BCUT2D eigenvalue weighted by atomic mass is 32.1. The molecule has 5 rings (SSSR count). The Balaban J connectivity index is 1.33. The molecule has 0 radical (unpaired) electrons. The van der Waals surface area contributed by atoms with Gasteiger partial charge in [-0.3, -0.25) is 4.79 Å². The lowest BCUT2D eigenvalue weighted by atomic mass is 9.78. The molecule has 0 aliphatic heterocycles. The lowest BCUT2D eigenvalue weighted by Gasteiger charge is -2.36. The van der Waals surface area contributed by atoms with E-state index in [0.717, 1.165) is 54.7 Å². The maximum atomic E-state index is 14.0. The number of carbonyl (C=O) groups excluding carboxylic acids is 1. The molecule has 7 nitrogen and oxygen atoms in total. The predicted molar refractivity (Wildman–Crippen MR) is 157 cm³/mol. The number of ether oxygens (including phenoxy) is 2. The highest BCUT2D eigenvalue weighted by Gasteiger charge is 2.32. The fourth-order valence-corrected chi connectivity index (χ4v) is 6.91. The van der Waals surface area contributed by atoms with Gasteiger partial charge in [0.25, 0.3) is 5.19 Å². The molecule has 0 atom stereocenters. The van der Waals surface area contributed by atoms with Gasteiger partial charge in [-0.15, -0.1) is 0 Å². The van der Waals surface area contributed by atoms with E-state index < -0.39 is 0 Å². The van der Waals surface area contributed by atoms with Crippen LogP contribution < -0.4 is 14.4 Å². The number of amides is 1. The van der Waals surface area contributed by atoms with E-state index in [0.29, 0.717) is 47.7 Å². The van der Waals surface area contributed by atoms with Crippen molar-refractivity contribution in [1.29, 1.82) is 5.26 Å². The summed E-state index contributed by atoms with van der Waals surface area (Å²) in [6.07, 6.45) is 8.45. The van der Waals surface area contributed by atoms with Crippen LogP contribution in [0.3, 0.4) is 0 Å². The number of hydrogen-bond donors (Lipinski definition) is 1. The number of benzene rings is 2. The molecule has 0 saturated heterocycles. The first-order valence-corrected chi connectivity index (χ1v) is 15.0. The van der Waals surface area contributed by atoms with E-state index in [2.05, 4.69) is 23.2 Å². The first-order chi connectivity index (χ1) is 19.5. The molecule has 1 aromatic heterocycles. The van der Waals surface area contributed by atoms with Crippen LogP contribution in [0, 0.1) is 23.2 Å². The molecule has 1 N–H and O–H groups in total. The molecule has 0 unspecified atom stereocenters. The highest BCUT2D eigenvalue weighted by molar-refractivity contribution is 7.16. The van der Waals surface area contributed by atoms with E-state index in [-0.39, 0.29) is 17.9 Å². The van der Waals surface area contributed by atoms with Crippen LogP contribution in [0.5, 0.6) is 10.9 Å². The zero-order valence-corrected chi connectivity index (χ0v) is 24.0. The van der Waals surface area contributed by atoms with Crippen molar-refractivity contribution in [3.8, 4) is 27.5 Å². The summed E-state index contributed by atoms with van der Waals surface area (Å²) in [5.74, 6) is 1.53. The molecule has 8 heteroatoms. The molecule has 40 heavy (non-hydrogen) atoms. The van der Waals surface area contributed by atoms with E-state index in [4.69, 9.17) is 9.47 Å². The standard InChI is InChI=1S/C32H37N3O4S/c1-38-29-15-12-24(16-26(29)18-33)22-8-6-21(7-9-22)20-35(31(37)23-10-13-28(36)14-11-23)27-5-3-4-25(17-27)30-19-34-32(39-2)40-30/h3-5,12,15-17,19,21-23,28,36H,6-11,13-14,20H2,1-2H3. The second kappa shape index (κ2) is 12.8. The van der Waals surface area contributed by atoms with Gasteiger partial charge in [0, 0.05) is 24.3 Å². The Kier molecular flexibility index (Phi) is 9.03. The van der Waals surface area contributed by atoms with E-state index in [9.17, 15) is 15.2 Å². The highest BCUT2D eigenvalue weighted by Crippen LogP contribution is 2.39. The largest absolute Gasteiger partial charge is 0.495 e. The summed E-state index contributed by atoms with van der Waals surface area (Å²) in [5, 5.41) is 20.2. The third-order valence-corrected chi connectivity index (χ3v) is 9.52. The number of carbonyl (C=O) groups is 1. The third kappa shape index (κ3) is 6.32. The van der Waals surface area contributed by atoms with Crippen molar-refractivity contribution in [2.45, 2.75) is 63.4 Å². The first-order valence-electron chi connectivity index (χ1n) is 14.2. The molecule has 1 amide bonds. The third-order valence-electron chi connectivity index (χ3n) is 8.52. The molecule has 2 aliphatic rings. The second-order valence-electron chi connectivity index (χ2n) is 11.0. The topological polar surface area (TPSA) is 95.7 Å². The number of nitrogens with zero attached hydrogens (tertiary/aromatic N) is 3. The predicted octanol–water partition coefficient (Wildman–Crippen LogP) is 6.56. The van der Waals surface area contributed by atoms with Gasteiger partial charge >= 0.3 is 0 Å². The molecule has 2 fully saturated rings. The minimum absolute atomic E-state index is 0.0596. The maximum absolute atomic E-state index is 14.0. The van der Waals surface area contributed by atoms with Crippen LogP contribution in [-0.2, 0) is 4.79 Å². The van der Waals surface area contributed by atoms with Gasteiger partial charge in [-0.2, -0.15) is 5.26 Å². The van der Waals surface area contributed by atoms with E-state index >= 15 is 0 Å². The molecule has 2 saturated carbocycles. The van der Waals surface area contributed by atoms with Crippen LogP contribution >= 0.6 is 11.3 Å². The van der Waals surface area contributed by atoms with Gasteiger partial charge in [0.05, 0.1) is 30.8 Å². The Morgan fingerprint density at radius 3 is 2.50 bits per heavy atom. The zero-order chi connectivity index (χ0) is 28.1. The average molecular weight is 560 g/mol. The van der Waals surface area contributed by atoms with Crippen molar-refractivity contribution in [2.24, 2.45) is 11.8 Å². The number of nitriles is 1. The molecule has 1 heterocycles. The molecular formula is C32H37N3O4S. The summed E-state index contributed by atoms with van der Waals surface area (Å²) < 4.78 is 10.6. The summed E-state index contributed by atoms with van der Waals surface area (Å²) in [4.78, 5) is 21.3. The number of aliphatic hydroxyl groups is 1. The summed E-state index contributed by atoms with van der Waals surface area (Å²) >= 11 is 1.49. The van der Waals surface area contributed by atoms with Crippen molar-refractivity contribution in [1.82, 2.24) is 4.98 Å². The number of anilines is 1. The maximum Gasteiger partial charge on any atom is 0.273 e. The van der Waals surface area contributed by atoms with Crippen LogP contribution in [0.1, 0.15) is 68.4 Å². The Morgan fingerprint density at radius 1 is 1.05 bits per heavy atom. The number of aliphatic hydroxyl groups excluding tert-OH is 1. The van der Waals surface area contributed by atoms with Gasteiger partial charge in [0.1, 0.15) is 11.8 Å². The first kappa shape index (κ1) is 28.1. The van der Waals surface area contributed by atoms with Gasteiger partial charge in [-0.25, -0.2) is 4.98 Å². The van der Waals surface area contributed by atoms with E-state index in [1.54, 1.807) is 14.2 Å². The Morgan fingerprint density at radius 2 is 1.82 bits per heavy atom. The Hall–Kier alpha value is -3.41. The van der Waals surface area contributed by atoms with Crippen LogP contribution in [0.2, 0.25) is 0 Å². The number of thiazole rings is 1. The van der Waals surface area contributed by atoms with Crippen molar-refractivity contribution in [3.63, 3.8) is 0 Å². The quantitative estimate of drug-likeness (QED) is 0.336. The second-order valence-corrected chi connectivity index (χ2v) is 12.0. The average Bonchev–Trinajstić information content (AvgIpc) is 3.49.